The molecule has 0 aliphatic carbocycles. The van der Waals surface area contributed by atoms with Crippen LogP contribution in [0.1, 0.15) is 38.2 Å². The van der Waals surface area contributed by atoms with Crippen LogP contribution in [-0.2, 0) is 14.8 Å². The fourth-order valence-electron chi connectivity index (χ4n) is 2.81. The second-order valence-electron chi connectivity index (χ2n) is 6.34. The van der Waals surface area contributed by atoms with Gasteiger partial charge in [-0.05, 0) is 30.0 Å². The van der Waals surface area contributed by atoms with Gasteiger partial charge in [0.2, 0.25) is 15.9 Å². The Morgan fingerprint density at radius 2 is 1.75 bits per heavy atom. The number of piperazine rings is 1. The largest absolute Gasteiger partial charge is 0.370 e. The Morgan fingerprint density at radius 1 is 1.17 bits per heavy atom. The SMILES string of the molecule is CC[C@@H](C)c1ccc(S(=O)(=O)N2CCN(CCC(N)=O)CC2)cc1. The third kappa shape index (κ3) is 4.55. The number of benzene rings is 1. The van der Waals surface area contributed by atoms with Crippen LogP contribution in [-0.4, -0.2) is 56.3 Å². The molecule has 0 bridgehead atoms. The molecule has 1 heterocycles. The summed E-state index contributed by atoms with van der Waals surface area (Å²) >= 11 is 0. The third-order valence-corrected chi connectivity index (χ3v) is 6.62. The van der Waals surface area contributed by atoms with Crippen LogP contribution < -0.4 is 5.73 Å². The van der Waals surface area contributed by atoms with E-state index in [1.807, 2.05) is 12.1 Å². The van der Waals surface area contributed by atoms with E-state index in [1.165, 1.54) is 4.31 Å². The zero-order chi connectivity index (χ0) is 17.7. The molecule has 2 rings (SSSR count). The van der Waals surface area contributed by atoms with Gasteiger partial charge >= 0.3 is 0 Å². The Bertz CT molecular complexity index is 650. The number of nitrogens with zero attached hydrogens (tertiary/aromatic N) is 2. The van der Waals surface area contributed by atoms with Crippen molar-refractivity contribution in [2.45, 2.75) is 37.5 Å². The average Bonchev–Trinajstić information content (AvgIpc) is 2.59. The van der Waals surface area contributed by atoms with E-state index in [-0.39, 0.29) is 5.91 Å². The Balaban J connectivity index is 2.00. The molecule has 0 radical (unpaired) electrons. The van der Waals surface area contributed by atoms with Crippen molar-refractivity contribution in [2.75, 3.05) is 32.7 Å². The zero-order valence-corrected chi connectivity index (χ0v) is 15.3. The number of amides is 1. The number of primary amides is 1. The van der Waals surface area contributed by atoms with E-state index in [2.05, 4.69) is 18.7 Å². The summed E-state index contributed by atoms with van der Waals surface area (Å²) in [6, 6.07) is 7.22. The van der Waals surface area contributed by atoms with E-state index in [0.717, 1.165) is 12.0 Å². The lowest BCUT2D eigenvalue weighted by molar-refractivity contribution is -0.118. The smallest absolute Gasteiger partial charge is 0.243 e. The molecule has 1 aromatic carbocycles. The number of rotatable bonds is 7. The molecule has 1 aliphatic heterocycles. The van der Waals surface area contributed by atoms with Gasteiger partial charge in [0.05, 0.1) is 4.90 Å². The monoisotopic (exact) mass is 353 g/mol. The van der Waals surface area contributed by atoms with Crippen molar-refractivity contribution >= 4 is 15.9 Å². The summed E-state index contributed by atoms with van der Waals surface area (Å²) in [6.07, 6.45) is 1.34. The lowest BCUT2D eigenvalue weighted by Crippen LogP contribution is -2.49. The Labute approximate surface area is 144 Å². The van der Waals surface area contributed by atoms with Gasteiger partial charge in [0, 0.05) is 39.1 Å². The Kier molecular flexibility index (Phi) is 6.37. The molecule has 1 aliphatic rings. The quantitative estimate of drug-likeness (QED) is 0.803. The molecule has 0 saturated carbocycles. The van der Waals surface area contributed by atoms with Crippen LogP contribution in [0, 0.1) is 0 Å². The van der Waals surface area contributed by atoms with Crippen molar-refractivity contribution in [3.63, 3.8) is 0 Å². The molecule has 1 aromatic rings. The molecule has 134 valence electrons. The summed E-state index contributed by atoms with van der Waals surface area (Å²) in [6.45, 7) is 6.96. The molecule has 0 aromatic heterocycles. The van der Waals surface area contributed by atoms with Crippen molar-refractivity contribution in [3.8, 4) is 0 Å². The highest BCUT2D eigenvalue weighted by molar-refractivity contribution is 7.89. The van der Waals surface area contributed by atoms with Crippen molar-refractivity contribution in [1.29, 1.82) is 0 Å². The van der Waals surface area contributed by atoms with Crippen LogP contribution in [0.2, 0.25) is 0 Å². The van der Waals surface area contributed by atoms with Crippen LogP contribution in [0.25, 0.3) is 0 Å². The van der Waals surface area contributed by atoms with Gasteiger partial charge in [-0.25, -0.2) is 8.42 Å². The first kappa shape index (κ1) is 18.9. The highest BCUT2D eigenvalue weighted by atomic mass is 32.2. The van der Waals surface area contributed by atoms with Crippen molar-refractivity contribution in [3.05, 3.63) is 29.8 Å². The first-order valence-corrected chi connectivity index (χ1v) is 9.89. The van der Waals surface area contributed by atoms with Crippen LogP contribution in [0.15, 0.2) is 29.2 Å². The lowest BCUT2D eigenvalue weighted by Gasteiger charge is -2.33. The number of carbonyl (C=O) groups excluding carboxylic acids is 1. The number of carbonyl (C=O) groups is 1. The molecule has 7 heteroatoms. The molecule has 24 heavy (non-hydrogen) atoms. The van der Waals surface area contributed by atoms with Gasteiger partial charge in [0.1, 0.15) is 0 Å². The maximum absolute atomic E-state index is 12.7. The van der Waals surface area contributed by atoms with Crippen LogP contribution >= 0.6 is 0 Å². The van der Waals surface area contributed by atoms with Crippen LogP contribution in [0.4, 0.5) is 0 Å². The van der Waals surface area contributed by atoms with Gasteiger partial charge in [-0.2, -0.15) is 4.31 Å². The molecule has 0 spiro atoms. The van der Waals surface area contributed by atoms with Gasteiger partial charge in [-0.1, -0.05) is 26.0 Å². The topological polar surface area (TPSA) is 83.7 Å². The second-order valence-corrected chi connectivity index (χ2v) is 8.28. The molecule has 6 nitrogen and oxygen atoms in total. The second kappa shape index (κ2) is 8.09. The first-order chi connectivity index (χ1) is 11.3. The first-order valence-electron chi connectivity index (χ1n) is 8.45. The maximum atomic E-state index is 12.7. The van der Waals surface area contributed by atoms with Gasteiger partial charge in [0.15, 0.2) is 0 Å². The summed E-state index contributed by atoms with van der Waals surface area (Å²) in [4.78, 5) is 13.3. The van der Waals surface area contributed by atoms with E-state index in [9.17, 15) is 13.2 Å². The van der Waals surface area contributed by atoms with Crippen molar-refractivity contribution in [1.82, 2.24) is 9.21 Å². The van der Waals surface area contributed by atoms with E-state index in [4.69, 9.17) is 5.73 Å². The molecular formula is C17H27N3O3S. The Hall–Kier alpha value is -1.44. The predicted octanol–water partition coefficient (Wildman–Crippen LogP) is 1.38. The van der Waals surface area contributed by atoms with Gasteiger partial charge < -0.3 is 10.6 Å². The fourth-order valence-corrected chi connectivity index (χ4v) is 4.24. The number of nitrogens with two attached hydrogens (primary N) is 1. The highest BCUT2D eigenvalue weighted by Gasteiger charge is 2.28. The Morgan fingerprint density at radius 3 is 2.25 bits per heavy atom. The fraction of sp³-hybridized carbons (Fsp3) is 0.588. The van der Waals surface area contributed by atoms with E-state index in [1.54, 1.807) is 12.1 Å². The summed E-state index contributed by atoms with van der Waals surface area (Å²) in [5.74, 6) is 0.0991. The number of sulfonamides is 1. The molecular weight excluding hydrogens is 326 g/mol. The summed E-state index contributed by atoms with van der Waals surface area (Å²) in [5.41, 5.74) is 6.31. The lowest BCUT2D eigenvalue weighted by atomic mass is 9.99. The minimum Gasteiger partial charge on any atom is -0.370 e. The van der Waals surface area contributed by atoms with E-state index >= 15 is 0 Å². The van der Waals surface area contributed by atoms with Crippen molar-refractivity contribution in [2.24, 2.45) is 5.73 Å². The third-order valence-electron chi connectivity index (χ3n) is 4.70. The number of hydrogen-bond acceptors (Lipinski definition) is 4. The maximum Gasteiger partial charge on any atom is 0.243 e. The summed E-state index contributed by atoms with van der Waals surface area (Å²) in [7, 11) is -3.45. The van der Waals surface area contributed by atoms with E-state index < -0.39 is 10.0 Å². The molecule has 1 amide bonds. The minimum absolute atomic E-state index is 0.309. The predicted molar refractivity (Wildman–Crippen MR) is 94.2 cm³/mol. The minimum atomic E-state index is -3.45. The summed E-state index contributed by atoms with van der Waals surface area (Å²) < 4.78 is 27.0. The van der Waals surface area contributed by atoms with Crippen molar-refractivity contribution < 1.29 is 13.2 Å². The van der Waals surface area contributed by atoms with Crippen LogP contribution in [0.3, 0.4) is 0 Å². The average molecular weight is 353 g/mol. The standard InChI is InChI=1S/C17H27N3O3S/c1-3-14(2)15-4-6-16(7-5-15)24(22,23)20-12-10-19(11-13-20)9-8-17(18)21/h4-7,14H,3,8-13H2,1-2H3,(H2,18,21)/t14-/m1/s1. The molecule has 0 unspecified atom stereocenters. The molecule has 1 saturated heterocycles. The van der Waals surface area contributed by atoms with E-state index in [0.29, 0.717) is 50.0 Å². The summed E-state index contributed by atoms with van der Waals surface area (Å²) in [5, 5.41) is 0. The number of hydrogen-bond donors (Lipinski definition) is 1. The molecule has 1 atom stereocenters. The van der Waals surface area contributed by atoms with Gasteiger partial charge in [-0.3, -0.25) is 4.79 Å². The highest BCUT2D eigenvalue weighted by Crippen LogP contribution is 2.23. The molecule has 1 fully saturated rings. The normalized spacial score (nSPS) is 18.4. The van der Waals surface area contributed by atoms with Gasteiger partial charge in [0.25, 0.3) is 0 Å². The zero-order valence-electron chi connectivity index (χ0n) is 14.4. The van der Waals surface area contributed by atoms with Crippen LogP contribution in [0.5, 0.6) is 0 Å². The molecule has 2 N–H and O–H groups in total. The van der Waals surface area contributed by atoms with Gasteiger partial charge in [-0.15, -0.1) is 0 Å².